The molecule has 1 saturated heterocycles. The van der Waals surface area contributed by atoms with E-state index in [2.05, 4.69) is 6.92 Å². The predicted molar refractivity (Wildman–Crippen MR) is 39.3 cm³/mol. The minimum absolute atomic E-state index is 0. The summed E-state index contributed by atoms with van der Waals surface area (Å²) in [7, 11) is 0. The third-order valence-electron chi connectivity index (χ3n) is 1.75. The normalized spacial score (nSPS) is 18.9. The second kappa shape index (κ2) is 8.30. The molecule has 1 rings (SSSR count). The molecule has 0 atom stereocenters. The quantitative estimate of drug-likeness (QED) is 0.374. The summed E-state index contributed by atoms with van der Waals surface area (Å²) in [5.41, 5.74) is 0. The molecule has 1 heterocycles. The SMILES string of the molecule is [Br-].[CH2-]CC1CCOCC1.[Mg+2]. The first kappa shape index (κ1) is 13.8. The molecule has 0 N–H and O–H groups in total. The second-order valence-electron chi connectivity index (χ2n) is 2.34. The van der Waals surface area contributed by atoms with Crippen LogP contribution in [0.2, 0.25) is 0 Å². The third-order valence-corrected chi connectivity index (χ3v) is 1.75. The Morgan fingerprint density at radius 3 is 2.10 bits per heavy atom. The van der Waals surface area contributed by atoms with Gasteiger partial charge in [0.1, 0.15) is 0 Å². The molecule has 0 radical (unpaired) electrons. The Bertz CT molecular complexity index is 64.6. The van der Waals surface area contributed by atoms with Crippen LogP contribution in [-0.2, 0) is 4.74 Å². The first-order valence-corrected chi connectivity index (χ1v) is 3.30. The molecule has 0 spiro atoms. The van der Waals surface area contributed by atoms with Crippen molar-refractivity contribution >= 4 is 23.1 Å². The fraction of sp³-hybridized carbons (Fsp3) is 0.857. The predicted octanol–water partition coefficient (Wildman–Crippen LogP) is -1.74. The summed E-state index contributed by atoms with van der Waals surface area (Å²) in [5.74, 6) is 0.851. The summed E-state index contributed by atoms with van der Waals surface area (Å²) in [5, 5.41) is 0. The third kappa shape index (κ3) is 4.94. The second-order valence-corrected chi connectivity index (χ2v) is 2.34. The van der Waals surface area contributed by atoms with Crippen LogP contribution in [0.4, 0.5) is 0 Å². The van der Waals surface area contributed by atoms with Crippen molar-refractivity contribution in [2.45, 2.75) is 19.3 Å². The Balaban J connectivity index is 0. The van der Waals surface area contributed by atoms with Crippen LogP contribution in [-0.4, -0.2) is 36.3 Å². The van der Waals surface area contributed by atoms with Crippen LogP contribution >= 0.6 is 0 Å². The van der Waals surface area contributed by atoms with Gasteiger partial charge in [0.05, 0.1) is 0 Å². The van der Waals surface area contributed by atoms with Gasteiger partial charge in [0.25, 0.3) is 0 Å². The maximum Gasteiger partial charge on any atom is 2.00 e. The molecule has 0 bridgehead atoms. The van der Waals surface area contributed by atoms with E-state index in [0.717, 1.165) is 25.6 Å². The van der Waals surface area contributed by atoms with Crippen molar-refractivity contribution in [3.05, 3.63) is 6.92 Å². The molecule has 1 fully saturated rings. The maximum absolute atomic E-state index is 5.17. The number of hydrogen-bond donors (Lipinski definition) is 0. The summed E-state index contributed by atoms with van der Waals surface area (Å²) >= 11 is 0. The number of rotatable bonds is 1. The molecule has 1 aliphatic heterocycles. The van der Waals surface area contributed by atoms with E-state index in [-0.39, 0.29) is 40.0 Å². The van der Waals surface area contributed by atoms with Crippen LogP contribution in [0.5, 0.6) is 0 Å². The van der Waals surface area contributed by atoms with Crippen LogP contribution in [0, 0.1) is 12.8 Å². The zero-order valence-corrected chi connectivity index (χ0v) is 9.31. The van der Waals surface area contributed by atoms with Gasteiger partial charge in [-0.05, 0) is 12.8 Å². The molecular formula is C7H13BrMgO. The molecule has 0 saturated carbocycles. The first-order chi connectivity index (χ1) is 3.93. The molecular weight excluding hydrogens is 204 g/mol. The van der Waals surface area contributed by atoms with Gasteiger partial charge in [-0.2, -0.15) is 6.42 Å². The Morgan fingerprint density at radius 2 is 1.80 bits per heavy atom. The summed E-state index contributed by atoms with van der Waals surface area (Å²) in [6, 6.07) is 0. The molecule has 1 aliphatic rings. The molecule has 0 aliphatic carbocycles. The van der Waals surface area contributed by atoms with Gasteiger partial charge in [0.2, 0.25) is 0 Å². The smallest absolute Gasteiger partial charge is 1.00 e. The Morgan fingerprint density at radius 1 is 1.30 bits per heavy atom. The molecule has 3 heteroatoms. The van der Waals surface area contributed by atoms with Crippen LogP contribution in [0.25, 0.3) is 0 Å². The standard InChI is InChI=1S/C7H13O.BrH.Mg/c1-2-7-3-5-8-6-4-7;;/h7H,1-6H2;1H;/q-1;;+2/p-1. The molecule has 0 aromatic rings. The van der Waals surface area contributed by atoms with E-state index < -0.39 is 0 Å². The van der Waals surface area contributed by atoms with Crippen molar-refractivity contribution < 1.29 is 21.7 Å². The molecule has 0 aromatic heterocycles. The van der Waals surface area contributed by atoms with E-state index >= 15 is 0 Å². The van der Waals surface area contributed by atoms with Gasteiger partial charge in [0.15, 0.2) is 0 Å². The van der Waals surface area contributed by atoms with Crippen LogP contribution in [0.1, 0.15) is 19.3 Å². The van der Waals surface area contributed by atoms with Gasteiger partial charge in [-0.15, -0.1) is 0 Å². The van der Waals surface area contributed by atoms with Crippen LogP contribution in [0.15, 0.2) is 0 Å². The minimum Gasteiger partial charge on any atom is -1.00 e. The van der Waals surface area contributed by atoms with Crippen molar-refractivity contribution in [3.63, 3.8) is 0 Å². The zero-order chi connectivity index (χ0) is 5.82. The van der Waals surface area contributed by atoms with E-state index in [1.807, 2.05) is 0 Å². The summed E-state index contributed by atoms with van der Waals surface area (Å²) in [6.45, 7) is 5.77. The minimum atomic E-state index is 0. The molecule has 1 nitrogen and oxygen atoms in total. The van der Waals surface area contributed by atoms with E-state index in [0.29, 0.717) is 0 Å². The van der Waals surface area contributed by atoms with Crippen molar-refractivity contribution in [3.8, 4) is 0 Å². The van der Waals surface area contributed by atoms with E-state index in [9.17, 15) is 0 Å². The van der Waals surface area contributed by atoms with Gasteiger partial charge >= 0.3 is 23.1 Å². The van der Waals surface area contributed by atoms with Crippen molar-refractivity contribution in [2.75, 3.05) is 13.2 Å². The zero-order valence-electron chi connectivity index (χ0n) is 6.31. The molecule has 56 valence electrons. The maximum atomic E-state index is 5.17. The molecule has 0 amide bonds. The van der Waals surface area contributed by atoms with E-state index in [1.54, 1.807) is 0 Å². The van der Waals surface area contributed by atoms with E-state index in [4.69, 9.17) is 4.74 Å². The average molecular weight is 217 g/mol. The van der Waals surface area contributed by atoms with Crippen molar-refractivity contribution in [2.24, 2.45) is 5.92 Å². The molecule has 10 heavy (non-hydrogen) atoms. The summed E-state index contributed by atoms with van der Waals surface area (Å²) in [4.78, 5) is 0. The fourth-order valence-electron chi connectivity index (χ4n) is 1.04. The molecule has 0 aromatic carbocycles. The first-order valence-electron chi connectivity index (χ1n) is 3.30. The Hall–Kier alpha value is 1.21. The van der Waals surface area contributed by atoms with Crippen LogP contribution in [0.3, 0.4) is 0 Å². The fourth-order valence-corrected chi connectivity index (χ4v) is 1.04. The topological polar surface area (TPSA) is 9.23 Å². The van der Waals surface area contributed by atoms with Gasteiger partial charge in [-0.1, -0.05) is 5.92 Å². The summed E-state index contributed by atoms with van der Waals surface area (Å²) in [6.07, 6.45) is 3.54. The van der Waals surface area contributed by atoms with Gasteiger partial charge in [0, 0.05) is 13.2 Å². The number of hydrogen-bond acceptors (Lipinski definition) is 1. The summed E-state index contributed by atoms with van der Waals surface area (Å²) < 4.78 is 5.17. The van der Waals surface area contributed by atoms with Gasteiger partial charge < -0.3 is 28.6 Å². The van der Waals surface area contributed by atoms with Crippen molar-refractivity contribution in [1.82, 2.24) is 0 Å². The number of halogens is 1. The average Bonchev–Trinajstić information content (AvgIpc) is 1.90. The largest absolute Gasteiger partial charge is 2.00 e. The number of ether oxygens (including phenoxy) is 1. The Labute approximate surface area is 89.8 Å². The van der Waals surface area contributed by atoms with Gasteiger partial charge in [-0.25, -0.2) is 0 Å². The monoisotopic (exact) mass is 216 g/mol. The van der Waals surface area contributed by atoms with Crippen molar-refractivity contribution in [1.29, 1.82) is 0 Å². The van der Waals surface area contributed by atoms with Gasteiger partial charge in [-0.3, -0.25) is 0 Å². The van der Waals surface area contributed by atoms with E-state index in [1.165, 1.54) is 12.8 Å². The Kier molecular flexibility index (Phi) is 11.4. The molecule has 0 unspecified atom stereocenters. The van der Waals surface area contributed by atoms with Crippen LogP contribution < -0.4 is 17.0 Å².